The molecule has 0 saturated heterocycles. The fourth-order valence-electron chi connectivity index (χ4n) is 2.19. The quantitative estimate of drug-likeness (QED) is 0.501. The van der Waals surface area contributed by atoms with E-state index in [1.54, 1.807) is 6.08 Å². The van der Waals surface area contributed by atoms with Crippen LogP contribution in [0.1, 0.15) is 25.0 Å². The van der Waals surface area contributed by atoms with Crippen molar-refractivity contribution in [3.63, 3.8) is 0 Å². The Balaban J connectivity index is 0.00000139. The third-order valence-electron chi connectivity index (χ3n) is 3.35. The predicted octanol–water partition coefficient (Wildman–Crippen LogP) is 5.95. The molecule has 0 fully saturated rings. The number of hydrogen-bond acceptors (Lipinski definition) is 2. The van der Waals surface area contributed by atoms with Crippen molar-refractivity contribution in [3.8, 4) is 0 Å². The van der Waals surface area contributed by atoms with Crippen molar-refractivity contribution in [2.24, 2.45) is 0 Å². The molecule has 0 aliphatic heterocycles. The largest absolute Gasteiger partial charge is 0.388 e. The van der Waals surface area contributed by atoms with Crippen molar-refractivity contribution in [1.82, 2.24) is 0 Å². The van der Waals surface area contributed by atoms with Crippen LogP contribution in [0.3, 0.4) is 0 Å². The SMILES string of the molecule is C=C/C(=C\C=C\C(=N)c1ccccc1NC)c1ccccc1.CC. The minimum absolute atomic E-state index is 0.470. The number of para-hydroxylation sites is 1. The molecule has 2 rings (SSSR count). The molecule has 2 nitrogen and oxygen atoms in total. The Morgan fingerprint density at radius 3 is 2.25 bits per heavy atom. The van der Waals surface area contributed by atoms with E-state index < -0.39 is 0 Å². The van der Waals surface area contributed by atoms with Crippen LogP contribution in [0.25, 0.3) is 5.57 Å². The molecule has 0 unspecified atom stereocenters. The second-order valence-corrected chi connectivity index (χ2v) is 4.76. The lowest BCUT2D eigenvalue weighted by atomic mass is 10.0. The molecule has 0 aromatic heterocycles. The van der Waals surface area contributed by atoms with Crippen LogP contribution in [0.2, 0.25) is 0 Å². The molecular formula is C22H26N2. The number of benzene rings is 2. The highest BCUT2D eigenvalue weighted by Crippen LogP contribution is 2.17. The van der Waals surface area contributed by atoms with Gasteiger partial charge in [-0.05, 0) is 23.3 Å². The van der Waals surface area contributed by atoms with Crippen LogP contribution in [0.5, 0.6) is 0 Å². The molecule has 2 N–H and O–H groups in total. The lowest BCUT2D eigenvalue weighted by Crippen LogP contribution is -2.00. The van der Waals surface area contributed by atoms with Gasteiger partial charge in [0.05, 0.1) is 5.71 Å². The second kappa shape index (κ2) is 10.8. The van der Waals surface area contributed by atoms with Gasteiger partial charge in [0.25, 0.3) is 0 Å². The highest BCUT2D eigenvalue weighted by Gasteiger charge is 2.02. The lowest BCUT2D eigenvalue weighted by Gasteiger charge is -2.07. The van der Waals surface area contributed by atoms with Crippen molar-refractivity contribution in [3.05, 3.63) is 96.6 Å². The fraction of sp³-hybridized carbons (Fsp3) is 0.136. The molecular weight excluding hydrogens is 292 g/mol. The zero-order chi connectivity index (χ0) is 17.8. The normalized spacial score (nSPS) is 10.7. The smallest absolute Gasteiger partial charge is 0.0632 e. The van der Waals surface area contributed by atoms with Gasteiger partial charge in [0.1, 0.15) is 0 Å². The van der Waals surface area contributed by atoms with Crippen molar-refractivity contribution in [2.45, 2.75) is 13.8 Å². The Hall–Kier alpha value is -2.87. The summed E-state index contributed by atoms with van der Waals surface area (Å²) < 4.78 is 0. The standard InChI is InChI=1S/C20H20N2.C2H6/c1-3-16(17-10-5-4-6-11-17)12-9-14-19(21)18-13-7-8-15-20(18)22-2;1-2/h3-15,21-22H,1H2,2H3;1-2H3/b14-9+,16-12+,21-19?;. The van der Waals surface area contributed by atoms with E-state index in [0.29, 0.717) is 5.71 Å². The van der Waals surface area contributed by atoms with Gasteiger partial charge >= 0.3 is 0 Å². The van der Waals surface area contributed by atoms with Crippen molar-refractivity contribution in [2.75, 3.05) is 12.4 Å². The Kier molecular flexibility index (Phi) is 8.62. The highest BCUT2D eigenvalue weighted by molar-refractivity contribution is 6.10. The maximum atomic E-state index is 8.20. The van der Waals surface area contributed by atoms with Crippen LogP contribution >= 0.6 is 0 Å². The van der Waals surface area contributed by atoms with Crippen molar-refractivity contribution in [1.29, 1.82) is 5.41 Å². The zero-order valence-corrected chi connectivity index (χ0v) is 14.7. The molecule has 2 aromatic carbocycles. The van der Waals surface area contributed by atoms with Crippen LogP contribution in [-0.2, 0) is 0 Å². The van der Waals surface area contributed by atoms with Crippen LogP contribution in [0, 0.1) is 5.41 Å². The molecule has 0 saturated carbocycles. The van der Waals surface area contributed by atoms with Crippen LogP contribution in [-0.4, -0.2) is 12.8 Å². The molecule has 24 heavy (non-hydrogen) atoms. The van der Waals surface area contributed by atoms with Gasteiger partial charge < -0.3 is 10.7 Å². The molecule has 0 spiro atoms. The first-order chi connectivity index (χ1) is 11.8. The van der Waals surface area contributed by atoms with Gasteiger partial charge in [-0.3, -0.25) is 0 Å². The van der Waals surface area contributed by atoms with Gasteiger partial charge in [-0.25, -0.2) is 0 Å². The van der Waals surface area contributed by atoms with Gasteiger partial charge in [-0.1, -0.05) is 87.2 Å². The summed E-state index contributed by atoms with van der Waals surface area (Å²) in [5.41, 5.74) is 4.45. The maximum absolute atomic E-state index is 8.20. The first-order valence-electron chi connectivity index (χ1n) is 8.18. The second-order valence-electron chi connectivity index (χ2n) is 4.76. The van der Waals surface area contributed by atoms with Crippen molar-refractivity contribution >= 4 is 17.0 Å². The Morgan fingerprint density at radius 2 is 1.62 bits per heavy atom. The molecule has 2 aromatic rings. The molecule has 0 radical (unpaired) electrons. The molecule has 2 heteroatoms. The first kappa shape index (κ1) is 19.2. The summed E-state index contributed by atoms with van der Waals surface area (Å²) in [4.78, 5) is 0. The van der Waals surface area contributed by atoms with Crippen molar-refractivity contribution < 1.29 is 0 Å². The van der Waals surface area contributed by atoms with Gasteiger partial charge in [-0.2, -0.15) is 0 Å². The molecule has 0 bridgehead atoms. The average molecular weight is 318 g/mol. The zero-order valence-electron chi connectivity index (χ0n) is 14.7. The van der Waals surface area contributed by atoms with E-state index in [4.69, 9.17) is 5.41 Å². The summed E-state index contributed by atoms with van der Waals surface area (Å²) in [6.45, 7) is 7.85. The van der Waals surface area contributed by atoms with E-state index in [0.717, 1.165) is 22.4 Å². The summed E-state index contributed by atoms with van der Waals surface area (Å²) in [5.74, 6) is 0. The third-order valence-corrected chi connectivity index (χ3v) is 3.35. The average Bonchev–Trinajstić information content (AvgIpc) is 2.67. The lowest BCUT2D eigenvalue weighted by molar-refractivity contribution is 1.45. The maximum Gasteiger partial charge on any atom is 0.0632 e. The van der Waals surface area contributed by atoms with E-state index in [1.165, 1.54) is 0 Å². The van der Waals surface area contributed by atoms with Crippen LogP contribution in [0.15, 0.2) is 85.5 Å². The van der Waals surface area contributed by atoms with E-state index in [2.05, 4.69) is 11.9 Å². The monoisotopic (exact) mass is 318 g/mol. The molecule has 0 atom stereocenters. The van der Waals surface area contributed by atoms with Gasteiger partial charge in [0, 0.05) is 18.3 Å². The molecule has 0 heterocycles. The molecule has 0 aliphatic carbocycles. The van der Waals surface area contributed by atoms with E-state index in [-0.39, 0.29) is 0 Å². The summed E-state index contributed by atoms with van der Waals surface area (Å²) in [5, 5.41) is 11.3. The summed E-state index contributed by atoms with van der Waals surface area (Å²) in [6.07, 6.45) is 7.48. The molecule has 0 amide bonds. The Labute approximate surface area is 145 Å². The van der Waals surface area contributed by atoms with Gasteiger partial charge in [-0.15, -0.1) is 0 Å². The Morgan fingerprint density at radius 1 is 1.00 bits per heavy atom. The number of allylic oxidation sites excluding steroid dienone is 5. The summed E-state index contributed by atoms with van der Waals surface area (Å²) in [7, 11) is 1.86. The highest BCUT2D eigenvalue weighted by atomic mass is 14.8. The molecule has 0 aliphatic rings. The topological polar surface area (TPSA) is 35.9 Å². The Bertz CT molecular complexity index is 710. The number of rotatable bonds is 6. The predicted molar refractivity (Wildman–Crippen MR) is 108 cm³/mol. The van der Waals surface area contributed by atoms with E-state index in [1.807, 2.05) is 93.7 Å². The summed E-state index contributed by atoms with van der Waals surface area (Å²) >= 11 is 0. The van der Waals surface area contributed by atoms with Gasteiger partial charge in [0.2, 0.25) is 0 Å². The minimum atomic E-state index is 0.470. The van der Waals surface area contributed by atoms with Crippen LogP contribution < -0.4 is 5.32 Å². The molecule has 124 valence electrons. The first-order valence-corrected chi connectivity index (χ1v) is 8.18. The van der Waals surface area contributed by atoms with E-state index >= 15 is 0 Å². The number of nitrogens with one attached hydrogen (secondary N) is 2. The van der Waals surface area contributed by atoms with Crippen LogP contribution in [0.4, 0.5) is 5.69 Å². The summed E-state index contributed by atoms with van der Waals surface area (Å²) in [6, 6.07) is 17.9. The number of anilines is 1. The fourth-order valence-corrected chi connectivity index (χ4v) is 2.19. The minimum Gasteiger partial charge on any atom is -0.388 e. The van der Waals surface area contributed by atoms with E-state index in [9.17, 15) is 0 Å². The van der Waals surface area contributed by atoms with Gasteiger partial charge in [0.15, 0.2) is 0 Å². The number of hydrogen-bond donors (Lipinski definition) is 2. The third kappa shape index (κ3) is 5.40.